The highest BCUT2D eigenvalue weighted by atomic mass is 32.1. The van der Waals surface area contributed by atoms with Crippen LogP contribution in [-0.2, 0) is 14.3 Å². The number of aliphatic carboxylic acids is 1. The molecule has 2 heterocycles. The van der Waals surface area contributed by atoms with Crippen LogP contribution in [0.15, 0.2) is 97.1 Å². The van der Waals surface area contributed by atoms with Crippen LogP contribution in [0, 0.1) is 25.7 Å². The quantitative estimate of drug-likeness (QED) is 0.0772. The van der Waals surface area contributed by atoms with Crippen LogP contribution in [0.2, 0.25) is 0 Å². The standard InChI is InChI=1S/C28H34N2O3S.C26H30N2O3S/c1-4-33-25(31)17-18-30(3)28(32)21-13-15-22(16-14-21)29-26(20-9-5-6-10-20)27-19(2)23-11-7-8-12-24(23)34-27;1-17-21-9-5-6-10-22(21)32-25(17)24(18-7-3-4-8-18)27-20-13-11-19(12-14-20)26(31)28(2)16-15-23(29)30/h7-8,11-16,20,26,29H,4-6,9-10,17-18H2,1-3H3;5-6,9-14,18,24,27H,3-4,7-8,15-16H2,1-2H3,(H,29,30). The number of anilines is 2. The topological polar surface area (TPSA) is 128 Å². The van der Waals surface area contributed by atoms with Gasteiger partial charge in [-0.15, -0.1) is 22.7 Å². The van der Waals surface area contributed by atoms with E-state index in [0.717, 1.165) is 11.4 Å². The molecule has 0 spiro atoms. The number of fused-ring (bicyclic) bond motifs is 2. The summed E-state index contributed by atoms with van der Waals surface area (Å²) in [5.74, 6) is -0.226. The summed E-state index contributed by atoms with van der Waals surface area (Å²) in [5, 5.41) is 19.1. The van der Waals surface area contributed by atoms with E-state index in [0.29, 0.717) is 36.1 Å². The van der Waals surface area contributed by atoms with Gasteiger partial charge in [0.25, 0.3) is 11.8 Å². The number of amides is 2. The van der Waals surface area contributed by atoms with Crippen molar-refractivity contribution < 1.29 is 29.0 Å². The van der Waals surface area contributed by atoms with Crippen molar-refractivity contribution in [3.8, 4) is 0 Å². The Balaban J connectivity index is 0.000000197. The van der Waals surface area contributed by atoms with Crippen molar-refractivity contribution in [3.05, 3.63) is 129 Å². The second kappa shape index (κ2) is 22.7. The van der Waals surface area contributed by atoms with Gasteiger partial charge in [-0.25, -0.2) is 0 Å². The van der Waals surface area contributed by atoms with E-state index < -0.39 is 5.97 Å². The van der Waals surface area contributed by atoms with Gasteiger partial charge in [-0.3, -0.25) is 19.2 Å². The minimum atomic E-state index is -0.904. The van der Waals surface area contributed by atoms with Crippen molar-refractivity contribution >= 4 is 78.0 Å². The number of esters is 1. The minimum absolute atomic E-state index is 0.0561. The van der Waals surface area contributed by atoms with Gasteiger partial charge in [0.2, 0.25) is 0 Å². The third kappa shape index (κ3) is 11.8. The summed E-state index contributed by atoms with van der Waals surface area (Å²) in [6, 6.07) is 33.1. The van der Waals surface area contributed by atoms with Crippen LogP contribution < -0.4 is 10.6 Å². The minimum Gasteiger partial charge on any atom is -0.481 e. The third-order valence-corrected chi connectivity index (χ3v) is 16.0. The highest BCUT2D eigenvalue weighted by molar-refractivity contribution is 7.19. The number of hydrogen-bond donors (Lipinski definition) is 3. The van der Waals surface area contributed by atoms with Crippen molar-refractivity contribution in [1.82, 2.24) is 9.80 Å². The largest absolute Gasteiger partial charge is 0.481 e. The number of carbonyl (C=O) groups excluding carboxylic acids is 3. The lowest BCUT2D eigenvalue weighted by Gasteiger charge is -2.26. The van der Waals surface area contributed by atoms with Crippen LogP contribution in [0.3, 0.4) is 0 Å². The zero-order chi connectivity index (χ0) is 46.7. The summed E-state index contributed by atoms with van der Waals surface area (Å²) in [6.07, 6.45) is 10.2. The van der Waals surface area contributed by atoms with Crippen molar-refractivity contribution in [2.24, 2.45) is 11.8 Å². The fourth-order valence-corrected chi connectivity index (χ4v) is 12.2. The summed E-state index contributed by atoms with van der Waals surface area (Å²) in [4.78, 5) is 53.6. The molecule has 2 saturated carbocycles. The summed E-state index contributed by atoms with van der Waals surface area (Å²) >= 11 is 3.79. The van der Waals surface area contributed by atoms with Crippen LogP contribution in [0.5, 0.6) is 0 Å². The maximum Gasteiger partial charge on any atom is 0.307 e. The SMILES string of the molecule is CCOC(=O)CCN(C)C(=O)c1ccc(NC(c2sc3ccccc3c2C)C2CCCC2)cc1.Cc1c(C(Nc2ccc(C(=O)N(C)CCC(=O)O)cc2)C2CCCC2)sc2ccccc12. The van der Waals surface area contributed by atoms with E-state index in [2.05, 4.69) is 73.0 Å². The molecule has 66 heavy (non-hydrogen) atoms. The number of rotatable bonds is 17. The van der Waals surface area contributed by atoms with E-state index in [4.69, 9.17) is 9.84 Å². The number of nitrogens with zero attached hydrogens (tertiary/aromatic N) is 2. The van der Waals surface area contributed by atoms with Gasteiger partial charge in [-0.05, 0) is 141 Å². The molecule has 10 nitrogen and oxygen atoms in total. The molecule has 2 aliphatic rings. The highest BCUT2D eigenvalue weighted by Gasteiger charge is 2.31. The average Bonchev–Trinajstić information content (AvgIpc) is 4.18. The maximum atomic E-state index is 12.8. The third-order valence-electron chi connectivity index (χ3n) is 13.3. The lowest BCUT2D eigenvalue weighted by atomic mass is 9.94. The highest BCUT2D eigenvalue weighted by Crippen LogP contribution is 2.45. The lowest BCUT2D eigenvalue weighted by molar-refractivity contribution is -0.143. The number of benzene rings is 4. The molecule has 2 amide bonds. The number of carboxylic acids is 1. The zero-order valence-corrected chi connectivity index (χ0v) is 40.6. The summed E-state index contributed by atoms with van der Waals surface area (Å²) in [7, 11) is 3.35. The average molecular weight is 929 g/mol. The Kier molecular flexibility index (Phi) is 16.5. The van der Waals surface area contributed by atoms with Gasteiger partial charge in [0, 0.05) is 68.8 Å². The van der Waals surface area contributed by atoms with Gasteiger partial charge in [-0.2, -0.15) is 0 Å². The molecule has 4 aromatic carbocycles. The Morgan fingerprint density at radius 3 is 1.39 bits per heavy atom. The first-order valence-corrected chi connectivity index (χ1v) is 25.1. The number of ether oxygens (including phenoxy) is 1. The number of aryl methyl sites for hydroxylation is 2. The fraction of sp³-hybridized carbons (Fsp3) is 0.407. The molecule has 2 fully saturated rings. The Bertz CT molecular complexity index is 2590. The summed E-state index contributed by atoms with van der Waals surface area (Å²) < 4.78 is 7.62. The number of nitrogens with one attached hydrogen (secondary N) is 2. The first-order chi connectivity index (χ1) is 31.9. The number of hydrogen-bond acceptors (Lipinski definition) is 9. The van der Waals surface area contributed by atoms with Gasteiger partial charge >= 0.3 is 11.9 Å². The summed E-state index contributed by atoms with van der Waals surface area (Å²) in [5.41, 5.74) is 5.95. The molecule has 0 saturated heterocycles. The number of thiophene rings is 2. The second-order valence-corrected chi connectivity index (χ2v) is 20.0. The molecule has 3 N–H and O–H groups in total. The van der Waals surface area contributed by atoms with Crippen LogP contribution >= 0.6 is 22.7 Å². The molecular formula is C54H64N4O6S2. The molecule has 2 aliphatic carbocycles. The predicted octanol–water partition coefficient (Wildman–Crippen LogP) is 12.7. The number of carbonyl (C=O) groups is 4. The first kappa shape index (κ1) is 48.2. The Hall–Kier alpha value is -5.72. The van der Waals surface area contributed by atoms with E-state index >= 15 is 0 Å². The van der Waals surface area contributed by atoms with Gasteiger partial charge in [0.1, 0.15) is 0 Å². The Morgan fingerprint density at radius 2 is 1.02 bits per heavy atom. The smallest absolute Gasteiger partial charge is 0.307 e. The van der Waals surface area contributed by atoms with Gasteiger partial charge in [0.15, 0.2) is 0 Å². The molecule has 12 heteroatoms. The molecule has 6 aromatic rings. The molecule has 8 rings (SSSR count). The van der Waals surface area contributed by atoms with Crippen molar-refractivity contribution in [2.45, 2.75) is 97.1 Å². The van der Waals surface area contributed by atoms with Gasteiger partial charge < -0.3 is 30.3 Å². The summed E-state index contributed by atoms with van der Waals surface area (Å²) in [6.45, 7) is 7.14. The molecule has 2 aromatic heterocycles. The van der Waals surface area contributed by atoms with E-state index in [1.165, 1.54) is 97.3 Å². The van der Waals surface area contributed by atoms with E-state index in [9.17, 15) is 19.2 Å². The monoisotopic (exact) mass is 928 g/mol. The first-order valence-electron chi connectivity index (χ1n) is 23.5. The predicted molar refractivity (Wildman–Crippen MR) is 270 cm³/mol. The molecule has 0 aliphatic heterocycles. The van der Waals surface area contributed by atoms with E-state index in [1.54, 1.807) is 25.9 Å². The number of carboxylic acid groups (broad SMARTS) is 1. The van der Waals surface area contributed by atoms with Gasteiger partial charge in [-0.1, -0.05) is 62.1 Å². The second-order valence-electron chi connectivity index (χ2n) is 17.8. The van der Waals surface area contributed by atoms with Crippen molar-refractivity contribution in [1.29, 1.82) is 0 Å². The van der Waals surface area contributed by atoms with Crippen molar-refractivity contribution in [2.75, 3.05) is 44.4 Å². The van der Waals surface area contributed by atoms with Crippen LogP contribution in [-0.4, -0.2) is 72.5 Å². The van der Waals surface area contributed by atoms with E-state index in [-0.39, 0.29) is 49.3 Å². The molecule has 2 unspecified atom stereocenters. The zero-order valence-electron chi connectivity index (χ0n) is 38.9. The van der Waals surface area contributed by atoms with Crippen LogP contribution in [0.25, 0.3) is 20.2 Å². The van der Waals surface area contributed by atoms with Gasteiger partial charge in [0.05, 0.1) is 31.5 Å². The van der Waals surface area contributed by atoms with Crippen LogP contribution in [0.1, 0.15) is 125 Å². The maximum absolute atomic E-state index is 12.8. The van der Waals surface area contributed by atoms with E-state index in [1.807, 2.05) is 71.2 Å². The molecule has 0 radical (unpaired) electrons. The van der Waals surface area contributed by atoms with Crippen LogP contribution in [0.4, 0.5) is 11.4 Å². The molecule has 0 bridgehead atoms. The van der Waals surface area contributed by atoms with Crippen molar-refractivity contribution in [3.63, 3.8) is 0 Å². The Morgan fingerprint density at radius 1 is 0.621 bits per heavy atom. The fourth-order valence-electron chi connectivity index (χ4n) is 9.53. The molecule has 348 valence electrons. The Labute approximate surface area is 397 Å². The lowest BCUT2D eigenvalue weighted by Crippen LogP contribution is -2.29. The molecule has 2 atom stereocenters. The molecular weight excluding hydrogens is 865 g/mol. The normalized spacial score (nSPS) is 14.9.